The molecular formula is C28H27NO3. The van der Waals surface area contributed by atoms with Gasteiger partial charge in [-0.3, -0.25) is 0 Å². The number of anilines is 1. The van der Waals surface area contributed by atoms with Gasteiger partial charge in [-0.15, -0.1) is 0 Å². The van der Waals surface area contributed by atoms with Gasteiger partial charge < -0.3 is 14.8 Å². The lowest BCUT2D eigenvalue weighted by Crippen LogP contribution is -2.28. The first kappa shape index (κ1) is 20.4. The number of carbonyl (C=O) groups is 1. The van der Waals surface area contributed by atoms with Crippen molar-refractivity contribution < 1.29 is 14.3 Å². The molecule has 1 heterocycles. The third kappa shape index (κ3) is 3.66. The van der Waals surface area contributed by atoms with E-state index in [1.54, 1.807) is 7.11 Å². The highest BCUT2D eigenvalue weighted by Gasteiger charge is 2.29. The fourth-order valence-corrected chi connectivity index (χ4v) is 4.86. The number of hydrogen-bond donors (Lipinski definition) is 1. The Hall–Kier alpha value is -3.53. The molecule has 0 saturated carbocycles. The molecule has 0 bridgehead atoms. The Morgan fingerprint density at radius 1 is 0.969 bits per heavy atom. The predicted octanol–water partition coefficient (Wildman–Crippen LogP) is 5.50. The van der Waals surface area contributed by atoms with Crippen molar-refractivity contribution in [2.45, 2.75) is 32.2 Å². The highest BCUT2D eigenvalue weighted by atomic mass is 16.5. The quantitative estimate of drug-likeness (QED) is 0.549. The smallest absolute Gasteiger partial charge is 0.328 e. The summed E-state index contributed by atoms with van der Waals surface area (Å²) in [5.74, 6) is 0.700. The molecule has 1 atom stereocenters. The van der Waals surface area contributed by atoms with Crippen molar-refractivity contribution in [3.63, 3.8) is 0 Å². The minimum Gasteiger partial charge on any atom is -0.497 e. The minimum absolute atomic E-state index is 0.190. The fourth-order valence-electron chi connectivity index (χ4n) is 4.86. The number of aryl methyl sites for hydroxylation is 1. The van der Waals surface area contributed by atoms with Gasteiger partial charge in [0.1, 0.15) is 11.8 Å². The molecule has 1 unspecified atom stereocenters. The van der Waals surface area contributed by atoms with Gasteiger partial charge in [0.2, 0.25) is 0 Å². The minimum atomic E-state index is -0.314. The first-order valence-electron chi connectivity index (χ1n) is 11.2. The zero-order valence-electron chi connectivity index (χ0n) is 18.5. The first-order chi connectivity index (χ1) is 15.7. The largest absolute Gasteiger partial charge is 0.497 e. The number of carbonyl (C=O) groups excluding carboxylic acids is 1. The second-order valence-corrected chi connectivity index (χ2v) is 8.27. The number of benzene rings is 3. The van der Waals surface area contributed by atoms with Gasteiger partial charge in [0.15, 0.2) is 0 Å². The van der Waals surface area contributed by atoms with Crippen LogP contribution < -0.4 is 10.1 Å². The van der Waals surface area contributed by atoms with Crippen LogP contribution in [-0.4, -0.2) is 25.7 Å². The van der Waals surface area contributed by atoms with Crippen LogP contribution >= 0.6 is 0 Å². The van der Waals surface area contributed by atoms with E-state index in [9.17, 15) is 4.79 Å². The van der Waals surface area contributed by atoms with E-state index < -0.39 is 0 Å². The average Bonchev–Trinajstić information content (AvgIpc) is 3.27. The molecular weight excluding hydrogens is 398 g/mol. The molecule has 1 N–H and O–H groups in total. The molecule has 4 heteroatoms. The van der Waals surface area contributed by atoms with Crippen molar-refractivity contribution in [1.29, 1.82) is 0 Å². The molecule has 3 aromatic rings. The van der Waals surface area contributed by atoms with Gasteiger partial charge in [0.05, 0.1) is 13.7 Å². The average molecular weight is 426 g/mol. The number of nitrogens with one attached hydrogen (secondary N) is 1. The van der Waals surface area contributed by atoms with Crippen molar-refractivity contribution in [3.8, 4) is 5.75 Å². The van der Waals surface area contributed by atoms with Crippen LogP contribution in [0.1, 0.15) is 41.2 Å². The summed E-state index contributed by atoms with van der Waals surface area (Å²) in [5, 5.41) is 3.32. The van der Waals surface area contributed by atoms with Crippen LogP contribution in [0.3, 0.4) is 0 Å². The Bertz CT molecular complexity index is 1200. The van der Waals surface area contributed by atoms with Gasteiger partial charge in [-0.1, -0.05) is 42.5 Å². The molecule has 162 valence electrons. The molecule has 5 rings (SSSR count). The molecule has 3 aromatic carbocycles. The SMILES string of the molecule is CCOC(=O)C1Cc2cc(C3=C(c4ccccc4)CCc4cc(OC)ccc43)ccc2N1. The monoisotopic (exact) mass is 425 g/mol. The van der Waals surface area contributed by atoms with Crippen LogP contribution in [0.2, 0.25) is 0 Å². The number of esters is 1. The summed E-state index contributed by atoms with van der Waals surface area (Å²) >= 11 is 0. The lowest BCUT2D eigenvalue weighted by molar-refractivity contribution is -0.143. The van der Waals surface area contributed by atoms with Crippen molar-refractivity contribution in [1.82, 2.24) is 0 Å². The standard InChI is InChI=1S/C28H27NO3/c1-3-32-28(30)26-17-21-15-20(10-14-25(21)29-26)27-23(18-7-5-4-6-8-18)12-9-19-16-22(31-2)11-13-24(19)27/h4-8,10-11,13-16,26,29H,3,9,12,17H2,1-2H3. The van der Waals surface area contributed by atoms with E-state index in [0.717, 1.165) is 29.8 Å². The van der Waals surface area contributed by atoms with Gasteiger partial charge in [-0.05, 0) is 83.0 Å². The number of fused-ring (bicyclic) bond motifs is 2. The second kappa shape index (κ2) is 8.54. The maximum absolute atomic E-state index is 12.3. The van der Waals surface area contributed by atoms with Gasteiger partial charge in [0.25, 0.3) is 0 Å². The summed E-state index contributed by atoms with van der Waals surface area (Å²) in [6.45, 7) is 2.23. The number of ether oxygens (including phenoxy) is 2. The summed E-state index contributed by atoms with van der Waals surface area (Å²) in [4.78, 5) is 12.3. The Kier molecular flexibility index (Phi) is 5.44. The maximum Gasteiger partial charge on any atom is 0.328 e. The molecule has 0 amide bonds. The second-order valence-electron chi connectivity index (χ2n) is 8.27. The van der Waals surface area contributed by atoms with Crippen LogP contribution in [0, 0.1) is 0 Å². The van der Waals surface area contributed by atoms with E-state index in [0.29, 0.717) is 13.0 Å². The third-order valence-corrected chi connectivity index (χ3v) is 6.37. The van der Waals surface area contributed by atoms with Crippen molar-refractivity contribution in [3.05, 3.63) is 94.5 Å². The Morgan fingerprint density at radius 2 is 1.81 bits per heavy atom. The number of allylic oxidation sites excluding steroid dienone is 1. The van der Waals surface area contributed by atoms with Gasteiger partial charge in [-0.2, -0.15) is 0 Å². The Morgan fingerprint density at radius 3 is 2.59 bits per heavy atom. The van der Waals surface area contributed by atoms with E-state index in [-0.39, 0.29) is 12.0 Å². The van der Waals surface area contributed by atoms with Gasteiger partial charge in [-0.25, -0.2) is 4.79 Å². The molecule has 0 fully saturated rings. The lowest BCUT2D eigenvalue weighted by atomic mass is 9.79. The summed E-state index contributed by atoms with van der Waals surface area (Å²) in [6, 6.07) is 23.2. The van der Waals surface area contributed by atoms with E-state index in [1.807, 2.05) is 13.0 Å². The van der Waals surface area contributed by atoms with Gasteiger partial charge >= 0.3 is 5.97 Å². The zero-order valence-corrected chi connectivity index (χ0v) is 18.5. The molecule has 1 aliphatic carbocycles. The van der Waals surface area contributed by atoms with Crippen LogP contribution in [0.5, 0.6) is 5.75 Å². The third-order valence-electron chi connectivity index (χ3n) is 6.37. The fraction of sp³-hybridized carbons (Fsp3) is 0.250. The summed E-state index contributed by atoms with van der Waals surface area (Å²) < 4.78 is 10.7. The van der Waals surface area contributed by atoms with Crippen molar-refractivity contribution >= 4 is 22.8 Å². The van der Waals surface area contributed by atoms with E-state index in [1.165, 1.54) is 33.4 Å². The van der Waals surface area contributed by atoms with Crippen molar-refractivity contribution in [2.24, 2.45) is 0 Å². The highest BCUT2D eigenvalue weighted by Crippen LogP contribution is 2.43. The number of hydrogen-bond acceptors (Lipinski definition) is 4. The molecule has 1 aliphatic heterocycles. The van der Waals surface area contributed by atoms with E-state index >= 15 is 0 Å². The molecule has 0 aromatic heterocycles. The number of methoxy groups -OCH3 is 1. The molecule has 0 saturated heterocycles. The first-order valence-corrected chi connectivity index (χ1v) is 11.2. The topological polar surface area (TPSA) is 47.6 Å². The van der Waals surface area contributed by atoms with Crippen LogP contribution in [0.4, 0.5) is 5.69 Å². The molecule has 4 nitrogen and oxygen atoms in total. The van der Waals surface area contributed by atoms with Gasteiger partial charge in [0, 0.05) is 12.1 Å². The Balaban J connectivity index is 1.61. The molecule has 0 radical (unpaired) electrons. The van der Waals surface area contributed by atoms with Crippen LogP contribution in [0.15, 0.2) is 66.7 Å². The molecule has 2 aliphatic rings. The maximum atomic E-state index is 12.3. The van der Waals surface area contributed by atoms with Crippen LogP contribution in [0.25, 0.3) is 11.1 Å². The van der Waals surface area contributed by atoms with Crippen LogP contribution in [-0.2, 0) is 22.4 Å². The summed E-state index contributed by atoms with van der Waals surface area (Å²) in [5.41, 5.74) is 9.79. The Labute approximate surface area is 188 Å². The molecule has 32 heavy (non-hydrogen) atoms. The highest BCUT2D eigenvalue weighted by molar-refractivity contribution is 6.01. The summed E-state index contributed by atoms with van der Waals surface area (Å²) in [7, 11) is 1.71. The van der Waals surface area contributed by atoms with E-state index in [2.05, 4.69) is 66.0 Å². The summed E-state index contributed by atoms with van der Waals surface area (Å²) in [6.07, 6.45) is 2.60. The lowest BCUT2D eigenvalue weighted by Gasteiger charge is -2.25. The van der Waals surface area contributed by atoms with E-state index in [4.69, 9.17) is 9.47 Å². The van der Waals surface area contributed by atoms with Crippen molar-refractivity contribution in [2.75, 3.05) is 19.0 Å². The number of rotatable bonds is 5. The zero-order chi connectivity index (χ0) is 22.1. The predicted molar refractivity (Wildman–Crippen MR) is 128 cm³/mol. The molecule has 0 spiro atoms. The normalized spacial score (nSPS) is 16.8.